The van der Waals surface area contributed by atoms with Crippen LogP contribution in [0.1, 0.15) is 44.9 Å². The highest BCUT2D eigenvalue weighted by molar-refractivity contribution is 7.03. The molecular formula is C26H36FN7O3S. The first kappa shape index (κ1) is 27.9. The summed E-state index contributed by atoms with van der Waals surface area (Å²) in [7, 11) is 0. The van der Waals surface area contributed by atoms with E-state index >= 15 is 0 Å². The lowest BCUT2D eigenvalue weighted by Gasteiger charge is -2.51. The van der Waals surface area contributed by atoms with Crippen molar-refractivity contribution in [1.82, 2.24) is 24.2 Å². The number of imide groups is 1. The molecule has 0 bridgehead atoms. The molecule has 12 heteroatoms. The molecule has 2 aliphatic rings. The average molecular weight is 546 g/mol. The van der Waals surface area contributed by atoms with Gasteiger partial charge in [0.1, 0.15) is 5.84 Å². The van der Waals surface area contributed by atoms with E-state index in [9.17, 15) is 19.1 Å². The summed E-state index contributed by atoms with van der Waals surface area (Å²) in [5, 5.41) is 14.8. The Morgan fingerprint density at radius 1 is 1.21 bits per heavy atom. The van der Waals surface area contributed by atoms with E-state index in [2.05, 4.69) is 4.37 Å². The molecule has 38 heavy (non-hydrogen) atoms. The van der Waals surface area contributed by atoms with Crippen LogP contribution in [0, 0.1) is 5.82 Å². The fourth-order valence-electron chi connectivity index (χ4n) is 5.42. The van der Waals surface area contributed by atoms with Gasteiger partial charge in [-0.25, -0.2) is 19.2 Å². The number of likely N-dealkylation sites (N-methyl/N-ethyl adjacent to an activating group) is 1. The van der Waals surface area contributed by atoms with Gasteiger partial charge in [0, 0.05) is 37.2 Å². The Morgan fingerprint density at radius 3 is 2.58 bits per heavy atom. The van der Waals surface area contributed by atoms with Crippen LogP contribution in [0.3, 0.4) is 0 Å². The number of amidine groups is 1. The van der Waals surface area contributed by atoms with Gasteiger partial charge in [-0.05, 0) is 42.4 Å². The van der Waals surface area contributed by atoms with Crippen molar-refractivity contribution in [1.29, 1.82) is 0 Å². The van der Waals surface area contributed by atoms with E-state index in [1.54, 1.807) is 9.91 Å². The predicted octanol–water partition coefficient (Wildman–Crippen LogP) is 2.74. The van der Waals surface area contributed by atoms with Crippen molar-refractivity contribution in [3.05, 3.63) is 46.7 Å². The smallest absolute Gasteiger partial charge is 0.328 e. The van der Waals surface area contributed by atoms with E-state index < -0.39 is 17.5 Å². The minimum Gasteiger partial charge on any atom is -0.399 e. The van der Waals surface area contributed by atoms with Crippen LogP contribution in [0.15, 0.2) is 34.6 Å². The van der Waals surface area contributed by atoms with Crippen LogP contribution < -0.4 is 5.73 Å². The number of hydrazine groups is 1. The van der Waals surface area contributed by atoms with E-state index in [0.717, 1.165) is 17.1 Å². The van der Waals surface area contributed by atoms with Gasteiger partial charge in [-0.2, -0.15) is 4.37 Å². The zero-order valence-electron chi connectivity index (χ0n) is 22.1. The van der Waals surface area contributed by atoms with Crippen LogP contribution in [-0.2, 0) is 17.6 Å². The van der Waals surface area contributed by atoms with Gasteiger partial charge in [-0.3, -0.25) is 19.6 Å². The predicted molar refractivity (Wildman–Crippen MR) is 145 cm³/mol. The van der Waals surface area contributed by atoms with E-state index in [-0.39, 0.29) is 43.7 Å². The molecule has 2 atom stereocenters. The second-order valence-corrected chi connectivity index (χ2v) is 10.1. The zero-order valence-corrected chi connectivity index (χ0v) is 23.0. The Morgan fingerprint density at radius 2 is 1.97 bits per heavy atom. The van der Waals surface area contributed by atoms with E-state index in [0.29, 0.717) is 43.9 Å². The number of nitrogens with zero attached hydrogens (tertiary/aromatic N) is 6. The normalized spacial score (nSPS) is 21.5. The van der Waals surface area contributed by atoms with E-state index in [1.165, 1.54) is 10.3 Å². The highest BCUT2D eigenvalue weighted by atomic mass is 32.1. The second kappa shape index (κ2) is 11.7. The number of benzene rings is 1. The fourth-order valence-corrected chi connectivity index (χ4v) is 5.98. The van der Waals surface area contributed by atoms with Crippen molar-refractivity contribution in [2.75, 3.05) is 38.5 Å². The maximum absolute atomic E-state index is 14.5. The molecule has 1 fully saturated rings. The third-order valence-electron chi connectivity index (χ3n) is 7.27. The number of fused-ring (bicyclic) bond motifs is 1. The number of amides is 3. The third kappa shape index (κ3) is 4.87. The monoisotopic (exact) mass is 545 g/mol. The number of halogens is 1. The Hall–Kier alpha value is -3.09. The quantitative estimate of drug-likeness (QED) is 0.394. The number of rotatable bonds is 12. The van der Waals surface area contributed by atoms with Crippen molar-refractivity contribution in [3.63, 3.8) is 0 Å². The van der Waals surface area contributed by atoms with Gasteiger partial charge in [0.2, 0.25) is 0 Å². The van der Waals surface area contributed by atoms with Crippen LogP contribution in [0.4, 0.5) is 14.9 Å². The SMILES string of the molecule is CCCN1C(=O)C2N(N(CC)CCO)C(Cc3nscc3F)=NC2(CC)N(CCc2ccccc2N)C1=O. The highest BCUT2D eigenvalue weighted by Crippen LogP contribution is 2.42. The molecule has 0 saturated carbocycles. The van der Waals surface area contributed by atoms with E-state index in [1.807, 2.05) is 50.0 Å². The van der Waals surface area contributed by atoms with Gasteiger partial charge in [-0.1, -0.05) is 39.0 Å². The largest absolute Gasteiger partial charge is 0.399 e. The summed E-state index contributed by atoms with van der Waals surface area (Å²) in [6.07, 6.45) is 1.52. The van der Waals surface area contributed by atoms with Crippen LogP contribution in [0.5, 0.6) is 0 Å². The number of hydrogen-bond acceptors (Lipinski definition) is 9. The number of aliphatic imine (C=N–C) groups is 1. The third-order valence-corrected chi connectivity index (χ3v) is 7.91. The molecule has 3 N–H and O–H groups in total. The molecule has 3 amide bonds. The molecule has 1 aromatic heterocycles. The van der Waals surface area contributed by atoms with Crippen LogP contribution >= 0.6 is 11.5 Å². The fraction of sp³-hybridized carbons (Fsp3) is 0.538. The lowest BCUT2D eigenvalue weighted by atomic mass is 9.91. The van der Waals surface area contributed by atoms with Crippen molar-refractivity contribution in [2.24, 2.45) is 4.99 Å². The average Bonchev–Trinajstić information content (AvgIpc) is 3.47. The number of urea groups is 1. The van der Waals surface area contributed by atoms with Crippen LogP contribution in [0.25, 0.3) is 0 Å². The molecule has 2 unspecified atom stereocenters. The molecule has 0 radical (unpaired) electrons. The summed E-state index contributed by atoms with van der Waals surface area (Å²) in [5.74, 6) is -0.335. The lowest BCUT2D eigenvalue weighted by molar-refractivity contribution is -0.151. The lowest BCUT2D eigenvalue weighted by Crippen LogP contribution is -2.74. The summed E-state index contributed by atoms with van der Waals surface area (Å²) in [6.45, 7) is 6.90. The summed E-state index contributed by atoms with van der Waals surface area (Å²) < 4.78 is 18.7. The van der Waals surface area contributed by atoms with Crippen LogP contribution in [0.2, 0.25) is 0 Å². The molecule has 3 heterocycles. The minimum atomic E-state index is -1.20. The number of aliphatic hydroxyl groups is 1. The molecule has 2 aromatic rings. The first-order chi connectivity index (χ1) is 18.3. The summed E-state index contributed by atoms with van der Waals surface area (Å²) in [6, 6.07) is 6.27. The summed E-state index contributed by atoms with van der Waals surface area (Å²) in [5.41, 5.74) is 6.76. The number of anilines is 1. The summed E-state index contributed by atoms with van der Waals surface area (Å²) >= 11 is 1.02. The summed E-state index contributed by atoms with van der Waals surface area (Å²) in [4.78, 5) is 36.0. The topological polar surface area (TPSA) is 119 Å². The van der Waals surface area contributed by atoms with Gasteiger partial charge in [-0.15, -0.1) is 0 Å². The number of hydrogen-bond donors (Lipinski definition) is 2. The molecule has 4 rings (SSSR count). The minimum absolute atomic E-state index is 0.0598. The second-order valence-electron chi connectivity index (χ2n) is 9.44. The van der Waals surface area contributed by atoms with Crippen LogP contribution in [-0.4, -0.2) is 91.6 Å². The van der Waals surface area contributed by atoms with Gasteiger partial charge < -0.3 is 10.8 Å². The molecule has 1 aromatic carbocycles. The maximum Gasteiger partial charge on any atom is 0.328 e. The number of aliphatic hydroxyl groups excluding tert-OH is 1. The highest BCUT2D eigenvalue weighted by Gasteiger charge is 2.62. The Bertz CT molecular complexity index is 1190. The van der Waals surface area contributed by atoms with Crippen molar-refractivity contribution >= 4 is 35.0 Å². The van der Waals surface area contributed by atoms with Gasteiger partial charge >= 0.3 is 6.03 Å². The molecule has 0 aliphatic carbocycles. The number of nitrogen functional groups attached to an aromatic ring is 1. The first-order valence-corrected chi connectivity index (χ1v) is 13.9. The number of aromatic nitrogens is 1. The molecule has 10 nitrogen and oxygen atoms in total. The number of carbonyl (C=O) groups excluding carboxylic acids is 2. The Kier molecular flexibility index (Phi) is 8.64. The first-order valence-electron chi connectivity index (χ1n) is 13.1. The molecule has 206 valence electrons. The zero-order chi connectivity index (χ0) is 27.4. The standard InChI is InChI=1S/C26H36FN7O3S/c1-4-12-32-24(36)23-26(5-2,33(25(32)37)13-11-18-9-7-8-10-20(18)28)29-22(16-21-19(27)17-38-30-21)34(23)31(6-3)14-15-35/h7-10,17,23,35H,4-6,11-16,28H2,1-3H3. The maximum atomic E-state index is 14.5. The van der Waals surface area contributed by atoms with Gasteiger partial charge in [0.15, 0.2) is 17.5 Å². The van der Waals surface area contributed by atoms with Crippen molar-refractivity contribution < 1.29 is 19.1 Å². The Balaban J connectivity index is 1.83. The molecule has 0 spiro atoms. The van der Waals surface area contributed by atoms with Crippen molar-refractivity contribution in [2.45, 2.75) is 58.2 Å². The number of carbonyl (C=O) groups is 2. The van der Waals surface area contributed by atoms with E-state index in [4.69, 9.17) is 10.7 Å². The molecule has 1 saturated heterocycles. The van der Waals surface area contributed by atoms with Gasteiger partial charge in [0.25, 0.3) is 5.91 Å². The number of para-hydroxylation sites is 1. The Labute approximate surface area is 226 Å². The number of nitrogens with two attached hydrogens (primary N) is 1. The molecular weight excluding hydrogens is 509 g/mol. The van der Waals surface area contributed by atoms with Crippen molar-refractivity contribution in [3.8, 4) is 0 Å². The van der Waals surface area contributed by atoms with Gasteiger partial charge in [0.05, 0.1) is 18.7 Å². The molecule has 2 aliphatic heterocycles.